The number of hydrogen-bond donors (Lipinski definition) is 1. The SMILES string of the molecule is Cc1ccccc1C(=O)N/N=C/c1ccccc1OCc1ccc(Cl)c(Cl)c1. The fraction of sp³-hybridized carbons (Fsp3) is 0.0909. The number of ether oxygens (including phenoxy) is 1. The Hall–Kier alpha value is -2.82. The Labute approximate surface area is 173 Å². The van der Waals surface area contributed by atoms with Gasteiger partial charge in [-0.3, -0.25) is 4.79 Å². The Morgan fingerprint density at radius 3 is 2.57 bits per heavy atom. The quantitative estimate of drug-likeness (QED) is 0.420. The molecule has 1 amide bonds. The van der Waals surface area contributed by atoms with E-state index in [0.717, 1.165) is 16.7 Å². The molecule has 6 heteroatoms. The van der Waals surface area contributed by atoms with Crippen molar-refractivity contribution in [3.63, 3.8) is 0 Å². The number of amides is 1. The number of benzene rings is 3. The van der Waals surface area contributed by atoms with Gasteiger partial charge in [0.25, 0.3) is 5.91 Å². The first-order valence-corrected chi connectivity index (χ1v) is 9.35. The zero-order valence-electron chi connectivity index (χ0n) is 15.2. The molecule has 3 aromatic carbocycles. The van der Waals surface area contributed by atoms with Crippen molar-refractivity contribution in [1.82, 2.24) is 5.43 Å². The maximum absolute atomic E-state index is 12.2. The summed E-state index contributed by atoms with van der Waals surface area (Å²) in [5.41, 5.74) is 5.66. The molecule has 28 heavy (non-hydrogen) atoms. The minimum Gasteiger partial charge on any atom is -0.488 e. The minimum absolute atomic E-state index is 0.261. The molecule has 0 aliphatic rings. The molecule has 0 heterocycles. The van der Waals surface area contributed by atoms with E-state index in [2.05, 4.69) is 10.5 Å². The van der Waals surface area contributed by atoms with Crippen molar-refractivity contribution in [2.24, 2.45) is 5.10 Å². The number of carbonyl (C=O) groups excluding carboxylic acids is 1. The van der Waals surface area contributed by atoms with Crippen LogP contribution >= 0.6 is 23.2 Å². The van der Waals surface area contributed by atoms with Crippen LogP contribution in [0.5, 0.6) is 5.75 Å². The normalized spacial score (nSPS) is 10.8. The second kappa shape index (κ2) is 9.40. The van der Waals surface area contributed by atoms with Crippen LogP contribution in [0.3, 0.4) is 0 Å². The number of nitrogens with one attached hydrogen (secondary N) is 1. The smallest absolute Gasteiger partial charge is 0.271 e. The molecule has 0 saturated heterocycles. The van der Waals surface area contributed by atoms with Crippen LogP contribution in [0.1, 0.15) is 27.0 Å². The molecule has 0 aromatic heterocycles. The molecule has 142 valence electrons. The fourth-order valence-corrected chi connectivity index (χ4v) is 2.88. The van der Waals surface area contributed by atoms with Gasteiger partial charge in [0.15, 0.2) is 0 Å². The van der Waals surface area contributed by atoms with Gasteiger partial charge in [-0.2, -0.15) is 5.10 Å². The highest BCUT2D eigenvalue weighted by molar-refractivity contribution is 6.42. The lowest BCUT2D eigenvalue weighted by atomic mass is 10.1. The topological polar surface area (TPSA) is 50.7 Å². The molecule has 0 saturated carbocycles. The first kappa shape index (κ1) is 19.9. The summed E-state index contributed by atoms with van der Waals surface area (Å²) in [4.78, 5) is 12.2. The highest BCUT2D eigenvalue weighted by atomic mass is 35.5. The molecule has 0 radical (unpaired) electrons. The summed E-state index contributed by atoms with van der Waals surface area (Å²) in [5, 5.41) is 5.04. The van der Waals surface area contributed by atoms with Crippen LogP contribution < -0.4 is 10.2 Å². The van der Waals surface area contributed by atoms with Gasteiger partial charge in [0.2, 0.25) is 0 Å². The number of halogens is 2. The molecule has 1 N–H and O–H groups in total. The van der Waals surface area contributed by atoms with Crippen LogP contribution in [-0.2, 0) is 6.61 Å². The number of rotatable bonds is 6. The number of carbonyl (C=O) groups is 1. The molecule has 0 unspecified atom stereocenters. The maximum Gasteiger partial charge on any atom is 0.271 e. The molecule has 0 aliphatic carbocycles. The minimum atomic E-state index is -0.261. The van der Waals surface area contributed by atoms with E-state index in [1.165, 1.54) is 0 Å². The molecule has 0 fully saturated rings. The van der Waals surface area contributed by atoms with Crippen LogP contribution in [0.15, 0.2) is 71.8 Å². The van der Waals surface area contributed by atoms with E-state index < -0.39 is 0 Å². The van der Waals surface area contributed by atoms with Gasteiger partial charge >= 0.3 is 0 Å². The fourth-order valence-electron chi connectivity index (χ4n) is 2.56. The van der Waals surface area contributed by atoms with Crippen molar-refractivity contribution in [2.75, 3.05) is 0 Å². The zero-order chi connectivity index (χ0) is 19.9. The summed E-state index contributed by atoms with van der Waals surface area (Å²) in [6.45, 7) is 2.21. The summed E-state index contributed by atoms with van der Waals surface area (Å²) < 4.78 is 5.87. The second-order valence-electron chi connectivity index (χ2n) is 6.09. The van der Waals surface area contributed by atoms with Gasteiger partial charge in [-0.05, 0) is 48.4 Å². The Kier molecular flexibility index (Phi) is 6.69. The van der Waals surface area contributed by atoms with Crippen molar-refractivity contribution >= 4 is 35.3 Å². The first-order chi connectivity index (χ1) is 13.5. The van der Waals surface area contributed by atoms with E-state index in [-0.39, 0.29) is 5.91 Å². The Balaban J connectivity index is 1.66. The van der Waals surface area contributed by atoms with Crippen molar-refractivity contribution in [2.45, 2.75) is 13.5 Å². The maximum atomic E-state index is 12.2. The molecular weight excluding hydrogens is 395 g/mol. The molecule has 0 aliphatic heterocycles. The summed E-state index contributed by atoms with van der Waals surface area (Å²) in [6.07, 6.45) is 1.56. The molecule has 3 rings (SSSR count). The van der Waals surface area contributed by atoms with Crippen LogP contribution in [0.25, 0.3) is 0 Å². The predicted molar refractivity (Wildman–Crippen MR) is 113 cm³/mol. The average Bonchev–Trinajstić information content (AvgIpc) is 2.70. The lowest BCUT2D eigenvalue weighted by Gasteiger charge is -2.10. The van der Waals surface area contributed by atoms with Gasteiger partial charge in [-0.15, -0.1) is 0 Å². The van der Waals surface area contributed by atoms with Gasteiger partial charge in [-0.1, -0.05) is 59.6 Å². The van der Waals surface area contributed by atoms with Gasteiger partial charge in [-0.25, -0.2) is 5.43 Å². The number of hydrogen-bond acceptors (Lipinski definition) is 3. The van der Waals surface area contributed by atoms with E-state index >= 15 is 0 Å². The summed E-state index contributed by atoms with van der Waals surface area (Å²) in [6, 6.07) is 20.1. The molecule has 4 nitrogen and oxygen atoms in total. The van der Waals surface area contributed by atoms with E-state index in [4.69, 9.17) is 27.9 Å². The lowest BCUT2D eigenvalue weighted by molar-refractivity contribution is 0.0954. The monoisotopic (exact) mass is 412 g/mol. The third-order valence-electron chi connectivity index (χ3n) is 4.06. The number of hydrazone groups is 1. The van der Waals surface area contributed by atoms with Crippen LogP contribution in [0.2, 0.25) is 10.0 Å². The van der Waals surface area contributed by atoms with Crippen molar-refractivity contribution in [3.8, 4) is 5.75 Å². The second-order valence-corrected chi connectivity index (χ2v) is 6.90. The number of para-hydroxylation sites is 1. The van der Waals surface area contributed by atoms with Gasteiger partial charge in [0, 0.05) is 11.1 Å². The van der Waals surface area contributed by atoms with Crippen LogP contribution in [0, 0.1) is 6.92 Å². The molecule has 3 aromatic rings. The van der Waals surface area contributed by atoms with Crippen LogP contribution in [-0.4, -0.2) is 12.1 Å². The molecule has 0 spiro atoms. The predicted octanol–water partition coefficient (Wildman–Crippen LogP) is 5.64. The Morgan fingerprint density at radius 1 is 1.04 bits per heavy atom. The number of aryl methyl sites for hydroxylation is 1. The zero-order valence-corrected chi connectivity index (χ0v) is 16.7. The summed E-state index contributed by atoms with van der Waals surface area (Å²) >= 11 is 12.0. The Bertz CT molecular complexity index is 1020. The average molecular weight is 413 g/mol. The summed E-state index contributed by atoms with van der Waals surface area (Å²) in [7, 11) is 0. The highest BCUT2D eigenvalue weighted by Gasteiger charge is 2.07. The third kappa shape index (κ3) is 5.12. The molecular formula is C22H18Cl2N2O2. The van der Waals surface area contributed by atoms with Crippen LogP contribution in [0.4, 0.5) is 0 Å². The van der Waals surface area contributed by atoms with Crippen molar-refractivity contribution < 1.29 is 9.53 Å². The standard InChI is InChI=1S/C22H18Cl2N2O2/c1-15-6-2-4-8-18(15)22(27)26-25-13-17-7-3-5-9-21(17)28-14-16-10-11-19(23)20(24)12-16/h2-13H,14H2,1H3,(H,26,27)/b25-13+. The lowest BCUT2D eigenvalue weighted by Crippen LogP contribution is -2.18. The van der Waals surface area contributed by atoms with Gasteiger partial charge in [0.1, 0.15) is 12.4 Å². The number of nitrogens with zero attached hydrogens (tertiary/aromatic N) is 1. The van der Waals surface area contributed by atoms with Gasteiger partial charge in [0.05, 0.1) is 16.3 Å². The van der Waals surface area contributed by atoms with E-state index in [9.17, 15) is 4.79 Å². The summed E-state index contributed by atoms with van der Waals surface area (Å²) in [5.74, 6) is 0.381. The molecule has 0 atom stereocenters. The van der Waals surface area contributed by atoms with E-state index in [0.29, 0.717) is 28.0 Å². The Morgan fingerprint density at radius 2 is 1.79 bits per heavy atom. The van der Waals surface area contributed by atoms with Crippen molar-refractivity contribution in [1.29, 1.82) is 0 Å². The third-order valence-corrected chi connectivity index (χ3v) is 4.80. The van der Waals surface area contributed by atoms with Crippen molar-refractivity contribution in [3.05, 3.63) is 99.0 Å². The highest BCUT2D eigenvalue weighted by Crippen LogP contribution is 2.24. The van der Waals surface area contributed by atoms with E-state index in [1.54, 1.807) is 24.4 Å². The van der Waals surface area contributed by atoms with E-state index in [1.807, 2.05) is 55.5 Å². The van der Waals surface area contributed by atoms with Gasteiger partial charge < -0.3 is 4.74 Å². The molecule has 0 bridgehead atoms. The first-order valence-electron chi connectivity index (χ1n) is 8.59. The largest absolute Gasteiger partial charge is 0.488 e.